The molecule has 2 rings (SSSR count). The molecular weight excluding hydrogens is 293 g/mol. The van der Waals surface area contributed by atoms with Gasteiger partial charge in [-0.05, 0) is 23.2 Å². The van der Waals surface area contributed by atoms with Gasteiger partial charge in [0.1, 0.15) is 0 Å². The van der Waals surface area contributed by atoms with Crippen molar-refractivity contribution in [2.24, 2.45) is 0 Å². The monoisotopic (exact) mass is 315 g/mol. The van der Waals surface area contributed by atoms with E-state index < -0.39 is 0 Å². The van der Waals surface area contributed by atoms with Crippen LogP contribution >= 0.6 is 23.2 Å². The third-order valence-electron chi connectivity index (χ3n) is 1.61. The third-order valence-corrected chi connectivity index (χ3v) is 1.95. The minimum atomic E-state index is 0.101. The maximum Gasteiger partial charge on any atom is 0.227 e. The number of hydrogen-bond acceptors (Lipinski definition) is 3. The Hall–Kier alpha value is -1.19. The van der Waals surface area contributed by atoms with E-state index >= 15 is 0 Å². The molecule has 0 radical (unpaired) electrons. The summed E-state index contributed by atoms with van der Waals surface area (Å²) in [5.74, 6) is 0.482. The summed E-state index contributed by atoms with van der Waals surface area (Å²) in [7, 11) is 0. The fourth-order valence-corrected chi connectivity index (χ4v) is 1.41. The van der Waals surface area contributed by atoms with Crippen LogP contribution in [0.2, 0.25) is 10.6 Å². The lowest BCUT2D eigenvalue weighted by atomic mass is 10.2. The van der Waals surface area contributed by atoms with Gasteiger partial charge in [0.15, 0.2) is 5.82 Å². The second-order valence-electron chi connectivity index (χ2n) is 2.56. The summed E-state index contributed by atoms with van der Waals surface area (Å²) in [6.45, 7) is 12.0. The first-order valence-corrected chi connectivity index (χ1v) is 7.64. The van der Waals surface area contributed by atoms with E-state index in [1.807, 2.05) is 71.9 Å². The fraction of sp³-hybridized carbons (Fsp3) is 0.400. The average molecular weight is 316 g/mol. The zero-order chi connectivity index (χ0) is 16.0. The lowest BCUT2D eigenvalue weighted by Crippen LogP contribution is -1.93. The molecule has 0 spiro atoms. The van der Waals surface area contributed by atoms with E-state index in [0.717, 1.165) is 5.56 Å². The summed E-state index contributed by atoms with van der Waals surface area (Å²) in [6, 6.07) is 9.44. The normalized spacial score (nSPS) is 8.00. The first-order valence-electron chi connectivity index (χ1n) is 6.88. The topological polar surface area (TPSA) is 38.7 Å². The van der Waals surface area contributed by atoms with Gasteiger partial charge < -0.3 is 0 Å². The molecule has 0 saturated carbocycles. The molecule has 0 atom stereocenters. The average Bonchev–Trinajstić information content (AvgIpc) is 2.53. The number of halogens is 2. The van der Waals surface area contributed by atoms with Crippen LogP contribution in [0.1, 0.15) is 41.5 Å². The second-order valence-corrected chi connectivity index (χ2v) is 3.24. The molecule has 0 aliphatic rings. The number of hydrogen-bond donors (Lipinski definition) is 0. The van der Waals surface area contributed by atoms with Crippen molar-refractivity contribution >= 4 is 23.2 Å². The lowest BCUT2D eigenvalue weighted by molar-refractivity contribution is 1.06. The summed E-state index contributed by atoms with van der Waals surface area (Å²) in [5.41, 5.74) is 0.860. The fourth-order valence-electron chi connectivity index (χ4n) is 1.04. The Bertz CT molecular complexity index is 428. The van der Waals surface area contributed by atoms with E-state index in [0.29, 0.717) is 5.82 Å². The molecule has 0 bridgehead atoms. The van der Waals surface area contributed by atoms with Gasteiger partial charge in [-0.3, -0.25) is 0 Å². The second kappa shape index (κ2) is 14.2. The van der Waals surface area contributed by atoms with E-state index in [-0.39, 0.29) is 10.6 Å². The van der Waals surface area contributed by atoms with Gasteiger partial charge in [0, 0.05) is 5.56 Å². The Kier molecular flexibility index (Phi) is 15.0. The molecule has 0 fully saturated rings. The molecule has 1 heterocycles. The molecule has 2 aromatic rings. The van der Waals surface area contributed by atoms with Gasteiger partial charge in [0.25, 0.3) is 0 Å². The van der Waals surface area contributed by atoms with Crippen molar-refractivity contribution in [1.82, 2.24) is 15.0 Å². The largest absolute Gasteiger partial charge is 0.227 e. The molecule has 1 aromatic heterocycles. The van der Waals surface area contributed by atoms with E-state index in [1.165, 1.54) is 0 Å². The van der Waals surface area contributed by atoms with Crippen molar-refractivity contribution in [3.8, 4) is 11.4 Å². The van der Waals surface area contributed by atoms with Crippen LogP contribution < -0.4 is 0 Å². The third kappa shape index (κ3) is 8.08. The molecule has 3 nitrogen and oxygen atoms in total. The van der Waals surface area contributed by atoms with Gasteiger partial charge >= 0.3 is 0 Å². The van der Waals surface area contributed by atoms with Crippen LogP contribution in [0.4, 0.5) is 0 Å². The Morgan fingerprint density at radius 1 is 0.650 bits per heavy atom. The van der Waals surface area contributed by atoms with Crippen LogP contribution in [-0.4, -0.2) is 15.0 Å². The number of benzene rings is 1. The van der Waals surface area contributed by atoms with Crippen LogP contribution in [0.5, 0.6) is 0 Å². The molecule has 5 heteroatoms. The van der Waals surface area contributed by atoms with Crippen LogP contribution in [0.3, 0.4) is 0 Å². The predicted molar refractivity (Wildman–Crippen MR) is 89.3 cm³/mol. The molecule has 0 unspecified atom stereocenters. The highest BCUT2D eigenvalue weighted by Gasteiger charge is 2.04. The Balaban J connectivity index is 0. The zero-order valence-corrected chi connectivity index (χ0v) is 14.5. The van der Waals surface area contributed by atoms with Crippen LogP contribution in [0.25, 0.3) is 11.4 Å². The van der Waals surface area contributed by atoms with Gasteiger partial charge in [0.05, 0.1) is 0 Å². The minimum Gasteiger partial charge on any atom is -0.198 e. The molecule has 0 N–H and O–H groups in total. The van der Waals surface area contributed by atoms with E-state index in [2.05, 4.69) is 15.0 Å². The minimum absolute atomic E-state index is 0.101. The van der Waals surface area contributed by atoms with E-state index in [9.17, 15) is 0 Å². The smallest absolute Gasteiger partial charge is 0.198 e. The highest BCUT2D eigenvalue weighted by Crippen LogP contribution is 2.17. The van der Waals surface area contributed by atoms with Gasteiger partial charge in [-0.25, -0.2) is 0 Å². The van der Waals surface area contributed by atoms with Crippen molar-refractivity contribution in [3.63, 3.8) is 0 Å². The van der Waals surface area contributed by atoms with Crippen LogP contribution in [0.15, 0.2) is 30.3 Å². The first-order chi connectivity index (χ1) is 9.75. The van der Waals surface area contributed by atoms with Crippen molar-refractivity contribution in [2.45, 2.75) is 41.5 Å². The highest BCUT2D eigenvalue weighted by molar-refractivity contribution is 6.31. The standard InChI is InChI=1S/C9H5Cl2N3.3C2H6/c10-8-12-7(13-9(11)14-8)6-4-2-1-3-5-6;3*1-2/h1-5H;3*1-2H3. The summed E-state index contributed by atoms with van der Waals surface area (Å²) < 4.78 is 0. The van der Waals surface area contributed by atoms with E-state index in [1.54, 1.807) is 0 Å². The predicted octanol–water partition coefficient (Wildman–Crippen LogP) is 5.92. The molecule has 0 amide bonds. The van der Waals surface area contributed by atoms with E-state index in [4.69, 9.17) is 23.2 Å². The van der Waals surface area contributed by atoms with Crippen molar-refractivity contribution in [1.29, 1.82) is 0 Å². The van der Waals surface area contributed by atoms with Gasteiger partial charge in [0.2, 0.25) is 10.6 Å². The lowest BCUT2D eigenvalue weighted by Gasteiger charge is -1.99. The van der Waals surface area contributed by atoms with Crippen LogP contribution in [-0.2, 0) is 0 Å². The Morgan fingerprint density at radius 3 is 1.45 bits per heavy atom. The highest BCUT2D eigenvalue weighted by atomic mass is 35.5. The first kappa shape index (κ1) is 21.1. The van der Waals surface area contributed by atoms with Gasteiger partial charge in [-0.1, -0.05) is 71.9 Å². The van der Waals surface area contributed by atoms with Crippen molar-refractivity contribution in [2.75, 3.05) is 0 Å². The summed E-state index contributed by atoms with van der Waals surface area (Å²) in [4.78, 5) is 11.6. The Morgan fingerprint density at radius 2 is 1.05 bits per heavy atom. The molecule has 0 aliphatic heterocycles. The van der Waals surface area contributed by atoms with Crippen LogP contribution in [0, 0.1) is 0 Å². The van der Waals surface area contributed by atoms with Crippen molar-refractivity contribution in [3.05, 3.63) is 40.9 Å². The maximum atomic E-state index is 5.65. The quantitative estimate of drug-likeness (QED) is 0.655. The molecule has 1 aromatic carbocycles. The van der Waals surface area contributed by atoms with Gasteiger partial charge in [-0.15, -0.1) is 0 Å². The SMILES string of the molecule is CC.CC.CC.Clc1nc(Cl)nc(-c2ccccc2)n1. The van der Waals surface area contributed by atoms with Gasteiger partial charge in [-0.2, -0.15) is 15.0 Å². The molecule has 0 saturated heterocycles. The summed E-state index contributed by atoms with van der Waals surface area (Å²) in [5, 5.41) is 0.202. The Labute approximate surface area is 132 Å². The molecule has 112 valence electrons. The maximum absolute atomic E-state index is 5.65. The number of rotatable bonds is 1. The van der Waals surface area contributed by atoms with Crippen molar-refractivity contribution < 1.29 is 0 Å². The number of aromatic nitrogens is 3. The summed E-state index contributed by atoms with van der Waals surface area (Å²) >= 11 is 11.3. The summed E-state index contributed by atoms with van der Waals surface area (Å²) in [6.07, 6.45) is 0. The zero-order valence-electron chi connectivity index (χ0n) is 13.0. The molecule has 0 aliphatic carbocycles. The molecular formula is C15H23Cl2N3. The number of nitrogens with zero attached hydrogens (tertiary/aromatic N) is 3. The molecule has 20 heavy (non-hydrogen) atoms.